The lowest BCUT2D eigenvalue weighted by molar-refractivity contribution is 0.318. The van der Waals surface area contributed by atoms with Gasteiger partial charge in [0.1, 0.15) is 0 Å². The smallest absolute Gasteiger partial charge is 0.0824 e. The third-order valence-corrected chi connectivity index (χ3v) is 3.21. The minimum atomic E-state index is 0.808. The summed E-state index contributed by atoms with van der Waals surface area (Å²) in [7, 11) is 0. The first kappa shape index (κ1) is 13.8. The zero-order valence-electron chi connectivity index (χ0n) is 11.2. The Balaban J connectivity index is 2.86. The van der Waals surface area contributed by atoms with Gasteiger partial charge in [-0.1, -0.05) is 34.5 Å². The van der Waals surface area contributed by atoms with Gasteiger partial charge in [0.05, 0.1) is 5.71 Å². The van der Waals surface area contributed by atoms with Crippen molar-refractivity contribution in [3.63, 3.8) is 0 Å². The molecule has 0 saturated heterocycles. The summed E-state index contributed by atoms with van der Waals surface area (Å²) in [5.41, 5.74) is 4.71. The van der Waals surface area contributed by atoms with E-state index in [-0.39, 0.29) is 0 Å². The number of oxime groups is 1. The lowest BCUT2D eigenvalue weighted by Gasteiger charge is -2.07. The maximum Gasteiger partial charge on any atom is 0.0824 e. The third-order valence-electron chi connectivity index (χ3n) is 3.21. The van der Waals surface area contributed by atoms with Crippen molar-refractivity contribution in [3.05, 3.63) is 34.9 Å². The van der Waals surface area contributed by atoms with Crippen LogP contribution in [0.5, 0.6) is 0 Å². The minimum Gasteiger partial charge on any atom is -0.411 e. The molecular weight excluding hydrogens is 210 g/mol. The van der Waals surface area contributed by atoms with E-state index in [0.29, 0.717) is 0 Å². The molecule has 0 spiro atoms. The van der Waals surface area contributed by atoms with E-state index in [9.17, 15) is 0 Å². The summed E-state index contributed by atoms with van der Waals surface area (Å²) >= 11 is 0. The maximum atomic E-state index is 9.01. The first-order valence-electron chi connectivity index (χ1n) is 6.33. The van der Waals surface area contributed by atoms with Crippen LogP contribution >= 0.6 is 0 Å². The van der Waals surface area contributed by atoms with E-state index in [2.05, 4.69) is 37.2 Å². The number of rotatable bonds is 0. The summed E-state index contributed by atoms with van der Waals surface area (Å²) in [4.78, 5) is 0. The van der Waals surface area contributed by atoms with Crippen molar-refractivity contribution in [2.75, 3.05) is 0 Å². The zero-order valence-corrected chi connectivity index (χ0v) is 11.2. The van der Waals surface area contributed by atoms with Crippen molar-refractivity contribution in [2.45, 2.75) is 52.9 Å². The van der Waals surface area contributed by atoms with Gasteiger partial charge in [-0.25, -0.2) is 0 Å². The second-order valence-electron chi connectivity index (χ2n) is 4.82. The van der Waals surface area contributed by atoms with E-state index >= 15 is 0 Å². The molecule has 0 fully saturated rings. The molecule has 2 heteroatoms. The highest BCUT2D eigenvalue weighted by Gasteiger charge is 2.03. The average Bonchev–Trinajstić information content (AvgIpc) is 2.30. The summed E-state index contributed by atoms with van der Waals surface area (Å²) in [6.45, 7) is 6.35. The summed E-state index contributed by atoms with van der Waals surface area (Å²) in [6.07, 6.45) is 11.7. The van der Waals surface area contributed by atoms with Crippen LogP contribution in [0, 0.1) is 0 Å². The molecule has 2 nitrogen and oxygen atoms in total. The van der Waals surface area contributed by atoms with E-state index < -0.39 is 0 Å². The standard InChI is InChI=1S/C15H23NO/c1-12-6-4-7-13(2)10-11-14(3)15(16-17)9-5-8-12/h7-8,11,17H,4-6,9-10H2,1-3H3/b12-8-,13-7-,14-11?,16-15?. The second kappa shape index (κ2) is 7.10. The van der Waals surface area contributed by atoms with Crippen LogP contribution in [-0.2, 0) is 0 Å². The monoisotopic (exact) mass is 233 g/mol. The van der Waals surface area contributed by atoms with Gasteiger partial charge in [0.15, 0.2) is 0 Å². The Bertz CT molecular complexity index is 372. The molecule has 0 aromatic carbocycles. The molecule has 17 heavy (non-hydrogen) atoms. The van der Waals surface area contributed by atoms with Gasteiger partial charge in [-0.05, 0) is 58.4 Å². The van der Waals surface area contributed by atoms with Gasteiger partial charge in [0.25, 0.3) is 0 Å². The van der Waals surface area contributed by atoms with E-state index in [1.807, 2.05) is 6.92 Å². The quantitative estimate of drug-likeness (QED) is 0.369. The van der Waals surface area contributed by atoms with Crippen molar-refractivity contribution < 1.29 is 5.21 Å². The van der Waals surface area contributed by atoms with Gasteiger partial charge in [-0.15, -0.1) is 0 Å². The first-order chi connectivity index (χ1) is 8.13. The number of allylic oxidation sites excluding steroid dienone is 6. The topological polar surface area (TPSA) is 32.6 Å². The fraction of sp³-hybridized carbons (Fsp3) is 0.533. The molecule has 0 aliphatic heterocycles. The van der Waals surface area contributed by atoms with E-state index in [1.165, 1.54) is 11.1 Å². The highest BCUT2D eigenvalue weighted by molar-refractivity contribution is 5.99. The molecule has 0 amide bonds. The van der Waals surface area contributed by atoms with Crippen LogP contribution in [0.15, 0.2) is 40.1 Å². The van der Waals surface area contributed by atoms with Crippen LogP contribution in [0.1, 0.15) is 52.9 Å². The molecular formula is C15H23NO. The average molecular weight is 233 g/mol. The Morgan fingerprint density at radius 3 is 2.29 bits per heavy atom. The molecule has 1 aliphatic rings. The van der Waals surface area contributed by atoms with Gasteiger partial charge in [-0.3, -0.25) is 0 Å². The fourth-order valence-corrected chi connectivity index (χ4v) is 1.94. The van der Waals surface area contributed by atoms with Crippen LogP contribution in [0.4, 0.5) is 0 Å². The molecule has 1 aliphatic carbocycles. The summed E-state index contributed by atoms with van der Waals surface area (Å²) in [5.74, 6) is 0. The van der Waals surface area contributed by atoms with Crippen LogP contribution in [0.2, 0.25) is 0 Å². The first-order valence-corrected chi connectivity index (χ1v) is 6.33. The summed E-state index contributed by atoms with van der Waals surface area (Å²) < 4.78 is 0. The van der Waals surface area contributed by atoms with Crippen LogP contribution < -0.4 is 0 Å². The zero-order chi connectivity index (χ0) is 12.7. The van der Waals surface area contributed by atoms with Gasteiger partial charge >= 0.3 is 0 Å². The van der Waals surface area contributed by atoms with Crippen molar-refractivity contribution in [1.29, 1.82) is 0 Å². The molecule has 0 saturated carbocycles. The lowest BCUT2D eigenvalue weighted by atomic mass is 10.0. The second-order valence-corrected chi connectivity index (χ2v) is 4.82. The summed E-state index contributed by atoms with van der Waals surface area (Å²) in [6, 6.07) is 0. The SMILES string of the molecule is CC1=CC/C(C)=C\CC/C(C)=C\CCC1=NO. The molecule has 0 heterocycles. The Morgan fingerprint density at radius 2 is 1.59 bits per heavy atom. The largest absolute Gasteiger partial charge is 0.411 e. The van der Waals surface area contributed by atoms with Gasteiger partial charge in [-0.2, -0.15) is 0 Å². The Morgan fingerprint density at radius 1 is 0.941 bits per heavy atom. The molecule has 0 aromatic heterocycles. The van der Waals surface area contributed by atoms with Crippen molar-refractivity contribution in [2.24, 2.45) is 5.16 Å². The number of hydrogen-bond acceptors (Lipinski definition) is 2. The van der Waals surface area contributed by atoms with Crippen molar-refractivity contribution in [3.8, 4) is 0 Å². The predicted molar refractivity (Wildman–Crippen MR) is 73.6 cm³/mol. The summed E-state index contributed by atoms with van der Waals surface area (Å²) in [5, 5.41) is 12.4. The number of hydrogen-bond donors (Lipinski definition) is 1. The highest BCUT2D eigenvalue weighted by Crippen LogP contribution is 2.15. The molecule has 0 bridgehead atoms. The van der Waals surface area contributed by atoms with Crippen molar-refractivity contribution in [1.82, 2.24) is 0 Å². The normalized spacial score (nSPS) is 28.2. The van der Waals surface area contributed by atoms with Crippen LogP contribution in [-0.4, -0.2) is 10.9 Å². The lowest BCUT2D eigenvalue weighted by Crippen LogP contribution is -2.00. The maximum absolute atomic E-state index is 9.01. The van der Waals surface area contributed by atoms with E-state index in [1.54, 1.807) is 0 Å². The predicted octanol–water partition coefficient (Wildman–Crippen LogP) is 4.62. The Kier molecular flexibility index (Phi) is 5.75. The molecule has 0 atom stereocenters. The molecule has 1 rings (SSSR count). The Labute approximate surface area is 104 Å². The van der Waals surface area contributed by atoms with Crippen molar-refractivity contribution >= 4 is 5.71 Å². The van der Waals surface area contributed by atoms with Gasteiger partial charge in [0.2, 0.25) is 0 Å². The molecule has 94 valence electrons. The van der Waals surface area contributed by atoms with Crippen LogP contribution in [0.3, 0.4) is 0 Å². The number of nitrogens with zero attached hydrogens (tertiary/aromatic N) is 1. The fourth-order valence-electron chi connectivity index (χ4n) is 1.94. The van der Waals surface area contributed by atoms with E-state index in [0.717, 1.165) is 43.4 Å². The Hall–Kier alpha value is -1.31. The van der Waals surface area contributed by atoms with Crippen LogP contribution in [0.25, 0.3) is 0 Å². The van der Waals surface area contributed by atoms with E-state index in [4.69, 9.17) is 5.21 Å². The molecule has 0 unspecified atom stereocenters. The van der Waals surface area contributed by atoms with Gasteiger partial charge in [0, 0.05) is 0 Å². The minimum absolute atomic E-state index is 0.808. The molecule has 0 radical (unpaired) electrons. The molecule has 1 N–H and O–H groups in total. The third kappa shape index (κ3) is 5.03. The molecule has 0 aromatic rings. The van der Waals surface area contributed by atoms with Gasteiger partial charge < -0.3 is 5.21 Å². The highest BCUT2D eigenvalue weighted by atomic mass is 16.4.